The van der Waals surface area contributed by atoms with Crippen molar-refractivity contribution in [1.29, 1.82) is 0 Å². The number of ether oxygens (including phenoxy) is 3. The van der Waals surface area contributed by atoms with E-state index in [0.717, 1.165) is 0 Å². The number of nitro benzene ring substituents is 1. The molecule has 1 fully saturated rings. The number of benzene rings is 2. The Morgan fingerprint density at radius 1 is 1.21 bits per heavy atom. The van der Waals surface area contributed by atoms with Crippen LogP contribution >= 0.6 is 0 Å². The summed E-state index contributed by atoms with van der Waals surface area (Å²) >= 11 is 0. The van der Waals surface area contributed by atoms with Gasteiger partial charge in [0.15, 0.2) is 17.2 Å². The van der Waals surface area contributed by atoms with E-state index in [1.54, 1.807) is 24.3 Å². The maximum absolute atomic E-state index is 12.9. The van der Waals surface area contributed by atoms with Gasteiger partial charge in [0.2, 0.25) is 0 Å². The molecule has 4 rings (SSSR count). The van der Waals surface area contributed by atoms with Crippen LogP contribution in [-0.2, 0) is 0 Å². The summed E-state index contributed by atoms with van der Waals surface area (Å²) in [5.74, 6) is 1.55. The van der Waals surface area contributed by atoms with Crippen LogP contribution in [0.5, 0.6) is 17.2 Å². The number of urea groups is 1. The first-order valence-electron chi connectivity index (χ1n) is 8.66. The van der Waals surface area contributed by atoms with E-state index in [4.69, 9.17) is 14.2 Å². The van der Waals surface area contributed by atoms with E-state index in [1.165, 1.54) is 31.3 Å². The van der Waals surface area contributed by atoms with Crippen LogP contribution in [-0.4, -0.2) is 30.9 Å². The van der Waals surface area contributed by atoms with E-state index in [1.807, 2.05) is 6.92 Å². The minimum atomic E-state index is -0.963. The number of fused-ring (bicyclic) bond motifs is 4. The van der Waals surface area contributed by atoms with Gasteiger partial charge in [0.25, 0.3) is 5.69 Å². The molecule has 0 aliphatic carbocycles. The zero-order chi connectivity index (χ0) is 20.1. The molecule has 2 aromatic carbocycles. The van der Waals surface area contributed by atoms with E-state index < -0.39 is 10.6 Å². The Hall–Kier alpha value is -3.49. The molecule has 2 aromatic rings. The maximum atomic E-state index is 12.9. The number of nitrogens with one attached hydrogen (secondary N) is 1. The average molecular weight is 385 g/mol. The van der Waals surface area contributed by atoms with Crippen LogP contribution in [0.2, 0.25) is 0 Å². The molecular weight excluding hydrogens is 366 g/mol. The summed E-state index contributed by atoms with van der Waals surface area (Å²) in [6, 6.07) is 8.86. The highest BCUT2D eigenvalue weighted by Gasteiger charge is 2.50. The molecule has 0 radical (unpaired) electrons. The predicted molar refractivity (Wildman–Crippen MR) is 100 cm³/mol. The van der Waals surface area contributed by atoms with Crippen LogP contribution in [0.1, 0.15) is 24.9 Å². The Bertz CT molecular complexity index is 978. The molecule has 0 spiro atoms. The number of methoxy groups -OCH3 is 2. The van der Waals surface area contributed by atoms with Crippen molar-refractivity contribution < 1.29 is 23.9 Å². The molecule has 9 nitrogen and oxygen atoms in total. The van der Waals surface area contributed by atoms with Gasteiger partial charge >= 0.3 is 6.03 Å². The summed E-state index contributed by atoms with van der Waals surface area (Å²) in [6.07, 6.45) is 0.432. The summed E-state index contributed by atoms with van der Waals surface area (Å²) in [4.78, 5) is 25.1. The second-order valence-corrected chi connectivity index (χ2v) is 6.84. The van der Waals surface area contributed by atoms with Gasteiger partial charge in [-0.2, -0.15) is 0 Å². The van der Waals surface area contributed by atoms with Gasteiger partial charge in [0, 0.05) is 30.2 Å². The number of carbonyl (C=O) groups excluding carboxylic acids is 1. The topological polar surface area (TPSA) is 103 Å². The number of nitrogens with zero attached hydrogens (tertiary/aromatic N) is 2. The standard InChI is InChI=1S/C19H19N3O6/c1-19-10-14(13-8-12(22(24)25)5-6-15(13)28-19)20-18(23)21(19)11-4-7-16(26-2)17(9-11)27-3/h4-9,14H,10H2,1-3H3,(H,20,23). The Balaban J connectivity index is 1.76. The van der Waals surface area contributed by atoms with Crippen LogP contribution in [0, 0.1) is 10.1 Å². The highest BCUT2D eigenvalue weighted by Crippen LogP contribution is 2.47. The molecular formula is C19H19N3O6. The Morgan fingerprint density at radius 2 is 1.96 bits per heavy atom. The number of anilines is 1. The molecule has 146 valence electrons. The first kappa shape index (κ1) is 17.9. The Labute approximate surface area is 160 Å². The fourth-order valence-electron chi connectivity index (χ4n) is 3.83. The third-order valence-corrected chi connectivity index (χ3v) is 5.09. The molecule has 2 aliphatic heterocycles. The second-order valence-electron chi connectivity index (χ2n) is 6.84. The second kappa shape index (κ2) is 6.29. The molecule has 2 bridgehead atoms. The Morgan fingerprint density at radius 3 is 2.64 bits per heavy atom. The Kier molecular flexibility index (Phi) is 4.02. The van der Waals surface area contributed by atoms with Crippen molar-refractivity contribution in [3.8, 4) is 17.2 Å². The third-order valence-electron chi connectivity index (χ3n) is 5.09. The van der Waals surface area contributed by atoms with Crippen LogP contribution in [0.4, 0.5) is 16.2 Å². The molecule has 0 saturated carbocycles. The highest BCUT2D eigenvalue weighted by molar-refractivity contribution is 5.95. The molecule has 9 heteroatoms. The molecule has 28 heavy (non-hydrogen) atoms. The van der Waals surface area contributed by atoms with Crippen LogP contribution in [0.25, 0.3) is 0 Å². The zero-order valence-corrected chi connectivity index (χ0v) is 15.6. The number of amides is 2. The molecule has 2 amide bonds. The lowest BCUT2D eigenvalue weighted by Crippen LogP contribution is -2.65. The highest BCUT2D eigenvalue weighted by atomic mass is 16.6. The fraction of sp³-hybridized carbons (Fsp3) is 0.316. The number of nitro groups is 1. The van der Waals surface area contributed by atoms with Gasteiger partial charge in [-0.1, -0.05) is 0 Å². The number of hydrogen-bond acceptors (Lipinski definition) is 6. The van der Waals surface area contributed by atoms with E-state index in [2.05, 4.69) is 5.32 Å². The fourth-order valence-corrected chi connectivity index (χ4v) is 3.83. The lowest BCUT2D eigenvalue weighted by Gasteiger charge is -2.50. The largest absolute Gasteiger partial charge is 0.493 e. The first-order valence-corrected chi connectivity index (χ1v) is 8.66. The zero-order valence-electron chi connectivity index (χ0n) is 15.6. The smallest absolute Gasteiger partial charge is 0.325 e. The van der Waals surface area contributed by atoms with Crippen LogP contribution in [0.3, 0.4) is 0 Å². The maximum Gasteiger partial charge on any atom is 0.325 e. The summed E-state index contributed by atoms with van der Waals surface area (Å²) < 4.78 is 16.8. The first-order chi connectivity index (χ1) is 13.4. The van der Waals surface area contributed by atoms with E-state index in [9.17, 15) is 14.9 Å². The summed E-state index contributed by atoms with van der Waals surface area (Å²) in [6.45, 7) is 1.82. The van der Waals surface area contributed by atoms with Crippen molar-refractivity contribution in [3.63, 3.8) is 0 Å². The monoisotopic (exact) mass is 385 g/mol. The van der Waals surface area contributed by atoms with Crippen LogP contribution < -0.4 is 24.4 Å². The van der Waals surface area contributed by atoms with E-state index in [0.29, 0.717) is 34.9 Å². The van der Waals surface area contributed by atoms with Gasteiger partial charge < -0.3 is 19.5 Å². The molecule has 2 aliphatic rings. The van der Waals surface area contributed by atoms with E-state index >= 15 is 0 Å². The number of hydrogen-bond donors (Lipinski definition) is 1. The van der Waals surface area contributed by atoms with Gasteiger partial charge in [-0.05, 0) is 25.1 Å². The lowest BCUT2D eigenvalue weighted by molar-refractivity contribution is -0.385. The number of rotatable bonds is 4. The quantitative estimate of drug-likeness (QED) is 0.639. The molecule has 2 unspecified atom stereocenters. The SMILES string of the molecule is COc1ccc(N2C(=O)NC3CC2(C)Oc2ccc([N+](=O)[O-])cc23)cc1OC. The predicted octanol–water partition coefficient (Wildman–Crippen LogP) is 3.38. The van der Waals surface area contributed by atoms with Crippen molar-refractivity contribution in [3.05, 3.63) is 52.1 Å². The summed E-state index contributed by atoms with van der Waals surface area (Å²) in [5, 5.41) is 14.0. The van der Waals surface area contributed by atoms with Crippen molar-refractivity contribution in [2.24, 2.45) is 0 Å². The minimum absolute atomic E-state index is 0.0393. The van der Waals surface area contributed by atoms with Crippen molar-refractivity contribution >= 4 is 17.4 Å². The minimum Gasteiger partial charge on any atom is -0.493 e. The lowest BCUT2D eigenvalue weighted by atomic mass is 9.90. The van der Waals surface area contributed by atoms with Gasteiger partial charge in [0.1, 0.15) is 5.75 Å². The van der Waals surface area contributed by atoms with Gasteiger partial charge in [-0.25, -0.2) is 4.79 Å². The van der Waals surface area contributed by atoms with E-state index in [-0.39, 0.29) is 17.8 Å². The molecule has 0 aromatic heterocycles. The molecule has 1 saturated heterocycles. The average Bonchev–Trinajstić information content (AvgIpc) is 2.66. The van der Waals surface area contributed by atoms with Crippen LogP contribution in [0.15, 0.2) is 36.4 Å². The number of non-ortho nitro benzene ring substituents is 1. The molecule has 2 atom stereocenters. The third kappa shape index (κ3) is 2.67. The summed E-state index contributed by atoms with van der Waals surface area (Å²) in [5.41, 5.74) is 0.186. The molecule has 1 N–H and O–H groups in total. The van der Waals surface area contributed by atoms with Gasteiger partial charge in [-0.15, -0.1) is 0 Å². The number of carbonyl (C=O) groups is 1. The van der Waals surface area contributed by atoms with Crippen molar-refractivity contribution in [2.45, 2.75) is 25.1 Å². The van der Waals surface area contributed by atoms with Gasteiger partial charge in [0.05, 0.1) is 30.9 Å². The normalized spacial score (nSPS) is 22.6. The van der Waals surface area contributed by atoms with Gasteiger partial charge in [-0.3, -0.25) is 15.0 Å². The van der Waals surface area contributed by atoms with Crippen molar-refractivity contribution in [2.75, 3.05) is 19.1 Å². The summed E-state index contributed by atoms with van der Waals surface area (Å²) in [7, 11) is 3.06. The van der Waals surface area contributed by atoms with Crippen molar-refractivity contribution in [1.82, 2.24) is 5.32 Å². The molecule has 2 heterocycles.